The molecule has 29 heavy (non-hydrogen) atoms. The van der Waals surface area contributed by atoms with Crippen LogP contribution in [-0.2, 0) is 11.3 Å². The number of aliphatic hydroxyl groups excluding tert-OH is 1. The number of rotatable bonds is 12. The SMILES string of the molecule is CCCCCCCCOc1c(Br)cc(CN2CCC(O)(C(=O)C(O)O)C2)cc1Br. The quantitative estimate of drug-likeness (QED) is 0.278. The summed E-state index contributed by atoms with van der Waals surface area (Å²) in [6, 6.07) is 3.95. The fraction of sp³-hybridized carbons (Fsp3) is 0.667. The summed E-state index contributed by atoms with van der Waals surface area (Å²) >= 11 is 7.14. The van der Waals surface area contributed by atoms with Crippen LogP contribution in [0.2, 0.25) is 0 Å². The summed E-state index contributed by atoms with van der Waals surface area (Å²) in [7, 11) is 0. The molecule has 6 nitrogen and oxygen atoms in total. The smallest absolute Gasteiger partial charge is 0.220 e. The lowest BCUT2D eigenvalue weighted by molar-refractivity contribution is -0.163. The molecule has 1 atom stereocenters. The van der Waals surface area contributed by atoms with Gasteiger partial charge in [-0.25, -0.2) is 0 Å². The minimum absolute atomic E-state index is 0.0783. The number of ketones is 1. The molecule has 0 radical (unpaired) electrons. The molecule has 1 aromatic rings. The Labute approximate surface area is 189 Å². The second-order valence-corrected chi connectivity index (χ2v) is 9.44. The monoisotopic (exact) mass is 535 g/mol. The molecule has 0 aromatic heterocycles. The normalized spacial score (nSPS) is 19.8. The molecule has 0 aliphatic carbocycles. The van der Waals surface area contributed by atoms with E-state index in [9.17, 15) is 9.90 Å². The minimum Gasteiger partial charge on any atom is -0.491 e. The van der Waals surface area contributed by atoms with Gasteiger partial charge in [0, 0.05) is 19.6 Å². The molecular formula is C21H31Br2NO5. The van der Waals surface area contributed by atoms with Gasteiger partial charge in [0.2, 0.25) is 12.1 Å². The van der Waals surface area contributed by atoms with Gasteiger partial charge in [-0.2, -0.15) is 0 Å². The first kappa shape index (κ1) is 24.8. The van der Waals surface area contributed by atoms with Crippen LogP contribution in [0.25, 0.3) is 0 Å². The highest BCUT2D eigenvalue weighted by Gasteiger charge is 2.44. The van der Waals surface area contributed by atoms with E-state index in [2.05, 4.69) is 38.8 Å². The van der Waals surface area contributed by atoms with E-state index in [-0.39, 0.29) is 13.0 Å². The number of ether oxygens (including phenoxy) is 1. The van der Waals surface area contributed by atoms with Crippen molar-refractivity contribution in [1.29, 1.82) is 0 Å². The predicted octanol–water partition coefficient (Wildman–Crippen LogP) is 3.77. The number of likely N-dealkylation sites (tertiary alicyclic amines) is 1. The van der Waals surface area contributed by atoms with Crippen molar-refractivity contribution < 1.29 is 24.9 Å². The topological polar surface area (TPSA) is 90.2 Å². The van der Waals surface area contributed by atoms with Gasteiger partial charge in [0.15, 0.2) is 0 Å². The molecule has 0 amide bonds. The van der Waals surface area contributed by atoms with Gasteiger partial charge in [0.25, 0.3) is 0 Å². The Hall–Kier alpha value is -0.510. The molecule has 1 unspecified atom stereocenters. The number of carbonyl (C=O) groups excluding carboxylic acids is 1. The summed E-state index contributed by atoms with van der Waals surface area (Å²) in [6.45, 7) is 4.00. The van der Waals surface area contributed by atoms with Crippen molar-refractivity contribution in [2.45, 2.75) is 70.3 Å². The standard InChI is InChI=1S/C21H31Br2NO5/c1-2-3-4-5-6-7-10-29-18-16(22)11-15(12-17(18)23)13-24-9-8-21(28,14-24)19(25)20(26)27/h11-12,20,26-28H,2-10,13-14H2,1H3. The number of halogens is 2. The number of benzene rings is 1. The number of carbonyl (C=O) groups is 1. The molecule has 1 aliphatic rings. The molecule has 1 aromatic carbocycles. The van der Waals surface area contributed by atoms with Crippen LogP contribution in [0.5, 0.6) is 5.75 Å². The molecule has 1 fully saturated rings. The van der Waals surface area contributed by atoms with E-state index in [1.807, 2.05) is 17.0 Å². The highest BCUT2D eigenvalue weighted by Crippen LogP contribution is 2.36. The van der Waals surface area contributed by atoms with Crippen LogP contribution >= 0.6 is 31.9 Å². The molecule has 3 N–H and O–H groups in total. The summed E-state index contributed by atoms with van der Waals surface area (Å²) in [4.78, 5) is 13.7. The highest BCUT2D eigenvalue weighted by molar-refractivity contribution is 9.11. The van der Waals surface area contributed by atoms with Gasteiger partial charge < -0.3 is 20.1 Å². The molecule has 1 saturated heterocycles. The number of Topliss-reactive ketones (excluding diaryl/α,β-unsaturated/α-hetero) is 1. The largest absolute Gasteiger partial charge is 0.491 e. The zero-order valence-corrected chi connectivity index (χ0v) is 20.0. The fourth-order valence-corrected chi connectivity index (χ4v) is 5.11. The van der Waals surface area contributed by atoms with E-state index in [4.69, 9.17) is 14.9 Å². The Morgan fingerprint density at radius 3 is 2.41 bits per heavy atom. The average Bonchev–Trinajstić information content (AvgIpc) is 3.03. The van der Waals surface area contributed by atoms with Crippen LogP contribution in [-0.4, -0.2) is 57.6 Å². The third kappa shape index (κ3) is 7.29. The van der Waals surface area contributed by atoms with Gasteiger partial charge in [0.1, 0.15) is 11.4 Å². The van der Waals surface area contributed by atoms with Crippen LogP contribution in [0.15, 0.2) is 21.1 Å². The van der Waals surface area contributed by atoms with E-state index in [0.29, 0.717) is 19.7 Å². The van der Waals surface area contributed by atoms with Crippen LogP contribution in [0.1, 0.15) is 57.4 Å². The van der Waals surface area contributed by atoms with Crippen molar-refractivity contribution in [2.24, 2.45) is 0 Å². The highest BCUT2D eigenvalue weighted by atomic mass is 79.9. The predicted molar refractivity (Wildman–Crippen MR) is 119 cm³/mol. The summed E-state index contributed by atoms with van der Waals surface area (Å²) < 4.78 is 7.64. The van der Waals surface area contributed by atoms with Crippen LogP contribution in [0.4, 0.5) is 0 Å². The fourth-order valence-electron chi connectivity index (χ4n) is 3.60. The summed E-state index contributed by atoms with van der Waals surface area (Å²) in [5.41, 5.74) is -0.708. The number of β-amino-alcohol motifs (C(OH)–C–C–N with tert-alkyl or cyclic N) is 1. The van der Waals surface area contributed by atoms with E-state index < -0.39 is 17.7 Å². The number of aliphatic hydroxyl groups is 3. The first-order chi connectivity index (χ1) is 13.8. The van der Waals surface area contributed by atoms with E-state index in [1.54, 1.807) is 0 Å². The maximum atomic E-state index is 11.8. The van der Waals surface area contributed by atoms with Gasteiger partial charge in [-0.05, 0) is 62.4 Å². The van der Waals surface area contributed by atoms with Crippen LogP contribution in [0, 0.1) is 0 Å². The molecule has 8 heteroatoms. The molecule has 0 spiro atoms. The average molecular weight is 537 g/mol. The lowest BCUT2D eigenvalue weighted by atomic mass is 9.97. The van der Waals surface area contributed by atoms with Crippen molar-refractivity contribution in [3.05, 3.63) is 26.6 Å². The summed E-state index contributed by atoms with van der Waals surface area (Å²) in [5, 5.41) is 28.5. The Balaban J connectivity index is 1.87. The first-order valence-electron chi connectivity index (χ1n) is 10.2. The molecule has 1 aliphatic heterocycles. The molecular weight excluding hydrogens is 506 g/mol. The van der Waals surface area contributed by atoms with E-state index in [1.165, 1.54) is 32.1 Å². The Bertz CT molecular complexity index is 662. The van der Waals surface area contributed by atoms with Crippen molar-refractivity contribution in [2.75, 3.05) is 19.7 Å². The van der Waals surface area contributed by atoms with Crippen LogP contribution < -0.4 is 4.74 Å². The maximum absolute atomic E-state index is 11.8. The third-order valence-corrected chi connectivity index (χ3v) is 6.41. The van der Waals surface area contributed by atoms with E-state index in [0.717, 1.165) is 26.7 Å². The lowest BCUT2D eigenvalue weighted by Crippen LogP contribution is -2.47. The Morgan fingerprint density at radius 2 is 1.79 bits per heavy atom. The van der Waals surface area contributed by atoms with Crippen molar-refractivity contribution >= 4 is 37.6 Å². The van der Waals surface area contributed by atoms with Crippen LogP contribution in [0.3, 0.4) is 0 Å². The van der Waals surface area contributed by atoms with Gasteiger partial charge in [-0.3, -0.25) is 9.69 Å². The number of unbranched alkanes of at least 4 members (excludes halogenated alkanes) is 5. The number of hydrogen-bond acceptors (Lipinski definition) is 6. The van der Waals surface area contributed by atoms with Gasteiger partial charge in [0.05, 0.1) is 15.6 Å². The van der Waals surface area contributed by atoms with Gasteiger partial charge in [-0.15, -0.1) is 0 Å². The second-order valence-electron chi connectivity index (χ2n) is 7.73. The van der Waals surface area contributed by atoms with Crippen molar-refractivity contribution in [3.8, 4) is 5.75 Å². The summed E-state index contributed by atoms with van der Waals surface area (Å²) in [6.07, 6.45) is 5.32. The zero-order valence-electron chi connectivity index (χ0n) is 16.9. The molecule has 0 saturated carbocycles. The number of hydrogen-bond donors (Lipinski definition) is 3. The maximum Gasteiger partial charge on any atom is 0.220 e. The lowest BCUT2D eigenvalue weighted by Gasteiger charge is -2.23. The number of nitrogens with zero attached hydrogens (tertiary/aromatic N) is 1. The molecule has 0 bridgehead atoms. The van der Waals surface area contributed by atoms with Crippen molar-refractivity contribution in [3.63, 3.8) is 0 Å². The van der Waals surface area contributed by atoms with Crippen molar-refractivity contribution in [1.82, 2.24) is 4.90 Å². The van der Waals surface area contributed by atoms with Gasteiger partial charge >= 0.3 is 0 Å². The third-order valence-electron chi connectivity index (χ3n) is 5.23. The molecule has 2 rings (SSSR count). The first-order valence-corrected chi connectivity index (χ1v) is 11.8. The minimum atomic E-state index is -2.15. The Kier molecular flexibility index (Phi) is 10.0. The zero-order chi connectivity index (χ0) is 21.4. The second kappa shape index (κ2) is 11.8. The molecule has 164 valence electrons. The van der Waals surface area contributed by atoms with E-state index >= 15 is 0 Å². The van der Waals surface area contributed by atoms with Gasteiger partial charge in [-0.1, -0.05) is 39.0 Å². The molecule has 1 heterocycles. The Morgan fingerprint density at radius 1 is 1.17 bits per heavy atom. The summed E-state index contributed by atoms with van der Waals surface area (Å²) in [5.74, 6) is -0.167.